The third kappa shape index (κ3) is 5.04. The van der Waals surface area contributed by atoms with Gasteiger partial charge in [-0.2, -0.15) is 0 Å². The summed E-state index contributed by atoms with van der Waals surface area (Å²) >= 11 is 1.11. The molecule has 0 aromatic heterocycles. The summed E-state index contributed by atoms with van der Waals surface area (Å²) in [6.07, 6.45) is 1.60. The average molecular weight is 442 g/mol. The van der Waals surface area contributed by atoms with E-state index in [2.05, 4.69) is 4.99 Å². The maximum Gasteiger partial charge on any atom is 0.341 e. The van der Waals surface area contributed by atoms with E-state index >= 15 is 0 Å². The summed E-state index contributed by atoms with van der Waals surface area (Å²) < 4.78 is 5.28. The second-order valence-electron chi connectivity index (χ2n) is 6.28. The van der Waals surface area contributed by atoms with E-state index in [0.717, 1.165) is 11.8 Å². The van der Waals surface area contributed by atoms with Crippen LogP contribution in [-0.2, 0) is 9.59 Å². The molecule has 9 nitrogen and oxygen atoms in total. The molecule has 2 aromatic carbocycles. The maximum atomic E-state index is 12.8. The van der Waals surface area contributed by atoms with E-state index in [1.165, 1.54) is 23.1 Å². The molecular weight excluding hydrogens is 424 g/mol. The zero-order chi connectivity index (χ0) is 22.5. The van der Waals surface area contributed by atoms with E-state index in [1.807, 2.05) is 0 Å². The summed E-state index contributed by atoms with van der Waals surface area (Å²) in [7, 11) is 0. The van der Waals surface area contributed by atoms with Crippen LogP contribution in [-0.4, -0.2) is 56.4 Å². The highest BCUT2D eigenvalue weighted by Crippen LogP contribution is 2.36. The Kier molecular flexibility index (Phi) is 6.61. The minimum absolute atomic E-state index is 0.245. The Morgan fingerprint density at radius 1 is 1.19 bits per heavy atom. The van der Waals surface area contributed by atoms with Crippen LogP contribution in [0.5, 0.6) is 11.5 Å². The lowest BCUT2D eigenvalue weighted by molar-refractivity contribution is -0.139. The Balaban J connectivity index is 1.92. The molecule has 3 rings (SSSR count). The van der Waals surface area contributed by atoms with Crippen molar-refractivity contribution >= 4 is 46.5 Å². The van der Waals surface area contributed by atoms with Gasteiger partial charge in [0.2, 0.25) is 0 Å². The number of aliphatic imine (C=N–C) groups is 1. The second kappa shape index (κ2) is 9.35. The Hall–Kier alpha value is -3.79. The van der Waals surface area contributed by atoms with Crippen LogP contribution in [0.3, 0.4) is 0 Å². The van der Waals surface area contributed by atoms with Gasteiger partial charge in [-0.1, -0.05) is 18.2 Å². The summed E-state index contributed by atoms with van der Waals surface area (Å²) in [4.78, 5) is 40.8. The minimum Gasteiger partial charge on any atom is -0.507 e. The minimum atomic E-state index is -1.26. The molecule has 3 N–H and O–H groups in total. The molecular formula is C21H18N2O7S. The van der Waals surface area contributed by atoms with Crippen molar-refractivity contribution in [1.29, 1.82) is 0 Å². The number of benzene rings is 2. The van der Waals surface area contributed by atoms with Crippen molar-refractivity contribution < 1.29 is 34.4 Å². The average Bonchev–Trinajstić information content (AvgIpc) is 3.01. The molecule has 31 heavy (non-hydrogen) atoms. The number of para-hydroxylation sites is 1. The number of aliphatic carboxylic acids is 1. The van der Waals surface area contributed by atoms with Crippen LogP contribution in [0.15, 0.2) is 52.4 Å². The SMILES string of the molecule is CCN1C(=O)/C(=C/c2ccccc2OCC(=O)O)SC1=Nc1ccc(C(=O)O)c(O)c1. The summed E-state index contributed by atoms with van der Waals surface area (Å²) in [6, 6.07) is 10.6. The molecule has 1 aliphatic rings. The lowest BCUT2D eigenvalue weighted by Gasteiger charge is -2.12. The topological polar surface area (TPSA) is 137 Å². The number of carbonyl (C=O) groups is 3. The van der Waals surface area contributed by atoms with E-state index in [0.29, 0.717) is 33.6 Å². The number of phenols is 1. The van der Waals surface area contributed by atoms with Gasteiger partial charge in [0.1, 0.15) is 17.1 Å². The van der Waals surface area contributed by atoms with Gasteiger partial charge in [-0.3, -0.25) is 9.69 Å². The number of ether oxygens (including phenoxy) is 1. The van der Waals surface area contributed by atoms with E-state index in [9.17, 15) is 19.5 Å². The van der Waals surface area contributed by atoms with Crippen LogP contribution in [0.2, 0.25) is 0 Å². The van der Waals surface area contributed by atoms with Gasteiger partial charge < -0.3 is 20.1 Å². The van der Waals surface area contributed by atoms with Crippen molar-refractivity contribution in [2.24, 2.45) is 4.99 Å². The van der Waals surface area contributed by atoms with Gasteiger partial charge >= 0.3 is 11.9 Å². The van der Waals surface area contributed by atoms with Gasteiger partial charge in [0.05, 0.1) is 10.6 Å². The molecule has 0 saturated carbocycles. The van der Waals surface area contributed by atoms with Gasteiger partial charge in [0.25, 0.3) is 5.91 Å². The lowest BCUT2D eigenvalue weighted by Crippen LogP contribution is -2.28. The molecule has 0 unspecified atom stereocenters. The Labute approximate surface area is 181 Å². The highest BCUT2D eigenvalue weighted by molar-refractivity contribution is 8.18. The highest BCUT2D eigenvalue weighted by Gasteiger charge is 2.32. The number of amidine groups is 1. The number of aromatic hydroxyl groups is 1. The van der Waals surface area contributed by atoms with E-state index in [-0.39, 0.29) is 11.5 Å². The molecule has 1 aliphatic heterocycles. The quantitative estimate of drug-likeness (QED) is 0.556. The van der Waals surface area contributed by atoms with Gasteiger partial charge in [0, 0.05) is 18.2 Å². The molecule has 1 fully saturated rings. The number of rotatable bonds is 7. The van der Waals surface area contributed by atoms with Crippen molar-refractivity contribution in [2.45, 2.75) is 6.92 Å². The zero-order valence-electron chi connectivity index (χ0n) is 16.3. The fourth-order valence-corrected chi connectivity index (χ4v) is 3.82. The first-order valence-electron chi connectivity index (χ1n) is 9.10. The highest BCUT2D eigenvalue weighted by atomic mass is 32.2. The van der Waals surface area contributed by atoms with Crippen molar-refractivity contribution in [3.8, 4) is 11.5 Å². The fraction of sp³-hybridized carbons (Fsp3) is 0.143. The van der Waals surface area contributed by atoms with Crippen LogP contribution < -0.4 is 4.74 Å². The largest absolute Gasteiger partial charge is 0.507 e. The number of amides is 1. The Morgan fingerprint density at radius 2 is 1.94 bits per heavy atom. The number of nitrogens with zero attached hydrogens (tertiary/aromatic N) is 2. The van der Waals surface area contributed by atoms with Crippen LogP contribution >= 0.6 is 11.8 Å². The molecule has 2 aromatic rings. The summed E-state index contributed by atoms with van der Waals surface area (Å²) in [5.41, 5.74) is 0.591. The molecule has 1 heterocycles. The van der Waals surface area contributed by atoms with Gasteiger partial charge in [0.15, 0.2) is 11.8 Å². The number of aromatic carboxylic acids is 1. The van der Waals surface area contributed by atoms with Crippen molar-refractivity contribution in [2.75, 3.05) is 13.2 Å². The number of hydrogen-bond donors (Lipinski definition) is 3. The van der Waals surface area contributed by atoms with Gasteiger partial charge in [-0.15, -0.1) is 0 Å². The van der Waals surface area contributed by atoms with Gasteiger partial charge in [-0.25, -0.2) is 14.6 Å². The predicted octanol–water partition coefficient (Wildman–Crippen LogP) is 3.18. The van der Waals surface area contributed by atoms with Crippen LogP contribution in [0.1, 0.15) is 22.8 Å². The van der Waals surface area contributed by atoms with Gasteiger partial charge in [-0.05, 0) is 43.0 Å². The Bertz CT molecular complexity index is 1110. The third-order valence-corrected chi connectivity index (χ3v) is 5.20. The summed E-state index contributed by atoms with van der Waals surface area (Å²) in [6.45, 7) is 1.62. The molecule has 0 bridgehead atoms. The monoisotopic (exact) mass is 442 g/mol. The summed E-state index contributed by atoms with van der Waals surface area (Å²) in [5, 5.41) is 28.1. The van der Waals surface area contributed by atoms with E-state index in [4.69, 9.17) is 14.9 Å². The molecule has 0 aliphatic carbocycles. The van der Waals surface area contributed by atoms with Crippen molar-refractivity contribution in [3.05, 3.63) is 58.5 Å². The lowest BCUT2D eigenvalue weighted by atomic mass is 10.2. The number of carboxylic acids is 2. The molecule has 160 valence electrons. The molecule has 1 saturated heterocycles. The summed E-state index contributed by atoms with van der Waals surface area (Å²) in [5.74, 6) is -2.75. The smallest absolute Gasteiger partial charge is 0.341 e. The number of carbonyl (C=O) groups excluding carboxylic acids is 1. The Morgan fingerprint density at radius 3 is 2.58 bits per heavy atom. The molecule has 0 spiro atoms. The number of likely N-dealkylation sites (N-methyl/N-ethyl adjacent to an activating group) is 1. The number of thioether (sulfide) groups is 1. The first-order valence-corrected chi connectivity index (χ1v) is 9.91. The first-order chi connectivity index (χ1) is 14.8. The standard InChI is InChI=1S/C21H18N2O7S/c1-2-23-19(27)17(9-12-5-3-4-6-16(12)30-11-18(25)26)31-21(23)22-13-7-8-14(20(28)29)15(24)10-13/h3-10,24H,2,11H2,1H3,(H,25,26)(H,28,29)/b17-9-,22-21?. The van der Waals surface area contributed by atoms with Crippen LogP contribution in [0.25, 0.3) is 6.08 Å². The molecule has 0 atom stereocenters. The van der Waals surface area contributed by atoms with E-state index in [1.54, 1.807) is 37.3 Å². The maximum absolute atomic E-state index is 12.8. The van der Waals surface area contributed by atoms with Crippen LogP contribution in [0, 0.1) is 0 Å². The van der Waals surface area contributed by atoms with Crippen LogP contribution in [0.4, 0.5) is 5.69 Å². The fourth-order valence-electron chi connectivity index (χ4n) is 2.76. The first kappa shape index (κ1) is 21.9. The third-order valence-electron chi connectivity index (χ3n) is 4.20. The molecule has 0 radical (unpaired) electrons. The number of hydrogen-bond acceptors (Lipinski definition) is 7. The zero-order valence-corrected chi connectivity index (χ0v) is 17.1. The number of carboxylic acid groups (broad SMARTS) is 2. The van der Waals surface area contributed by atoms with E-state index < -0.39 is 24.3 Å². The normalized spacial score (nSPS) is 16.2. The second-order valence-corrected chi connectivity index (χ2v) is 7.29. The van der Waals surface area contributed by atoms with Crippen molar-refractivity contribution in [3.63, 3.8) is 0 Å². The molecule has 1 amide bonds. The predicted molar refractivity (Wildman–Crippen MR) is 115 cm³/mol. The van der Waals surface area contributed by atoms with Crippen molar-refractivity contribution in [1.82, 2.24) is 4.90 Å². The molecule has 10 heteroatoms.